The molecule has 0 amide bonds. The molecular weight excluding hydrogens is 628 g/mol. The van der Waals surface area contributed by atoms with Crippen LogP contribution in [-0.4, -0.2) is 19.2 Å². The third-order valence-electron chi connectivity index (χ3n) is 10.1. The minimum Gasteiger partial charge on any atom is -0.311 e. The summed E-state index contributed by atoms with van der Waals surface area (Å²) < 4.78 is 41.2. The van der Waals surface area contributed by atoms with Crippen molar-refractivity contribution >= 4 is 80.7 Å². The third-order valence-corrected chi connectivity index (χ3v) is 11.5. The van der Waals surface area contributed by atoms with Crippen LogP contribution in [0.4, 0.5) is 47.3 Å². The molecule has 0 saturated heterocycles. The van der Waals surface area contributed by atoms with Crippen LogP contribution in [0.5, 0.6) is 0 Å². The second-order valence-corrected chi connectivity index (χ2v) is 14.4. The number of para-hydroxylation sites is 1. The van der Waals surface area contributed by atoms with Gasteiger partial charge in [0.2, 0.25) is 0 Å². The Bertz CT molecular complexity index is 1960. The number of halogens is 3. The van der Waals surface area contributed by atoms with Crippen molar-refractivity contribution in [3.05, 3.63) is 114 Å². The van der Waals surface area contributed by atoms with Crippen molar-refractivity contribution in [3.63, 3.8) is 0 Å². The third kappa shape index (κ3) is 5.25. The van der Waals surface area contributed by atoms with Gasteiger partial charge in [-0.3, -0.25) is 0 Å². The van der Waals surface area contributed by atoms with E-state index in [4.69, 9.17) is 0 Å². The van der Waals surface area contributed by atoms with E-state index >= 15 is 0 Å². The van der Waals surface area contributed by atoms with E-state index in [2.05, 4.69) is 101 Å². The molecule has 47 heavy (non-hydrogen) atoms. The zero-order valence-corrected chi connectivity index (χ0v) is 28.0. The molecule has 0 bridgehead atoms. The summed E-state index contributed by atoms with van der Waals surface area (Å²) in [6.45, 7) is -0.0251. The highest BCUT2D eigenvalue weighted by atomic mass is 32.2. The molecule has 1 aliphatic carbocycles. The Hall–Kier alpha value is -3.75. The first kappa shape index (κ1) is 30.6. The van der Waals surface area contributed by atoms with Crippen molar-refractivity contribution in [2.45, 2.75) is 54.0 Å². The molecule has 0 aromatic heterocycles. The van der Waals surface area contributed by atoms with E-state index in [1.165, 1.54) is 58.5 Å². The average Bonchev–Trinajstić information content (AvgIpc) is 3.11. The fraction of sp³-hybridized carbons (Fsp3) is 0.231. The molecule has 0 spiro atoms. The van der Waals surface area contributed by atoms with E-state index in [-0.39, 0.29) is 6.71 Å². The van der Waals surface area contributed by atoms with Crippen LogP contribution in [0.1, 0.15) is 49.1 Å². The van der Waals surface area contributed by atoms with E-state index in [1.54, 1.807) is 35.7 Å². The first-order chi connectivity index (χ1) is 22.9. The predicted octanol–water partition coefficient (Wildman–Crippen LogP) is 10.3. The van der Waals surface area contributed by atoms with Crippen LogP contribution in [0, 0.1) is 0 Å². The first-order valence-electron chi connectivity index (χ1n) is 16.2. The maximum absolute atomic E-state index is 13.7. The molecule has 1 saturated carbocycles. The standard InChI is InChI=1S/C39H34BF3N2S2/c1-46-30-17-19-32-34(23-30)44(28-11-7-4-8-12-28)36-21-26(25-9-5-3-6-10-25)22-37-38(36)40(32)33-20-18-31(47-2)24-35(33)45(37)29-15-13-27(14-16-29)39(41,42)43/h4,7-8,11-25H,3,5-6,9-10H2,1-2H3. The second-order valence-electron chi connectivity index (χ2n) is 12.6. The van der Waals surface area contributed by atoms with Crippen molar-refractivity contribution in [2.24, 2.45) is 0 Å². The highest BCUT2D eigenvalue weighted by Gasteiger charge is 2.44. The van der Waals surface area contributed by atoms with Crippen LogP contribution in [0.2, 0.25) is 0 Å². The summed E-state index contributed by atoms with van der Waals surface area (Å²) in [5.74, 6) is 0.439. The summed E-state index contributed by atoms with van der Waals surface area (Å²) in [4.78, 5) is 6.97. The van der Waals surface area contributed by atoms with E-state index < -0.39 is 11.7 Å². The Morgan fingerprint density at radius 1 is 0.617 bits per heavy atom. The normalized spacial score (nSPS) is 15.7. The number of alkyl halides is 3. The summed E-state index contributed by atoms with van der Waals surface area (Å²) in [6.07, 6.45) is 5.77. The summed E-state index contributed by atoms with van der Waals surface area (Å²) in [5, 5.41) is 0. The lowest BCUT2D eigenvalue weighted by Crippen LogP contribution is -2.61. The van der Waals surface area contributed by atoms with Crippen molar-refractivity contribution in [3.8, 4) is 0 Å². The molecule has 3 aliphatic rings. The van der Waals surface area contributed by atoms with Crippen LogP contribution >= 0.6 is 23.5 Å². The number of fused-ring (bicyclic) bond motifs is 4. The fourth-order valence-corrected chi connectivity index (χ4v) is 8.70. The molecule has 2 nitrogen and oxygen atoms in total. The average molecular weight is 663 g/mol. The van der Waals surface area contributed by atoms with Gasteiger partial charge in [0.15, 0.2) is 0 Å². The Morgan fingerprint density at radius 3 is 1.66 bits per heavy atom. The lowest BCUT2D eigenvalue weighted by atomic mass is 9.33. The maximum Gasteiger partial charge on any atom is 0.416 e. The van der Waals surface area contributed by atoms with Crippen molar-refractivity contribution in [2.75, 3.05) is 22.3 Å². The van der Waals surface area contributed by atoms with Crippen LogP contribution in [0.25, 0.3) is 0 Å². The molecule has 8 rings (SSSR count). The Kier molecular flexibility index (Phi) is 7.84. The van der Waals surface area contributed by atoms with Gasteiger partial charge in [0.1, 0.15) is 0 Å². The van der Waals surface area contributed by atoms with Gasteiger partial charge >= 0.3 is 6.18 Å². The molecule has 5 aromatic carbocycles. The first-order valence-corrected chi connectivity index (χ1v) is 18.7. The summed E-state index contributed by atoms with van der Waals surface area (Å²) >= 11 is 3.42. The minimum atomic E-state index is -4.40. The zero-order valence-electron chi connectivity index (χ0n) is 26.4. The lowest BCUT2D eigenvalue weighted by molar-refractivity contribution is -0.137. The summed E-state index contributed by atoms with van der Waals surface area (Å²) in [7, 11) is 0. The van der Waals surface area contributed by atoms with Gasteiger partial charge in [0.05, 0.1) is 5.56 Å². The smallest absolute Gasteiger partial charge is 0.311 e. The van der Waals surface area contributed by atoms with Crippen molar-refractivity contribution < 1.29 is 13.2 Å². The molecule has 1 fully saturated rings. The van der Waals surface area contributed by atoms with Gasteiger partial charge in [-0.15, -0.1) is 23.5 Å². The number of hydrogen-bond donors (Lipinski definition) is 0. The summed E-state index contributed by atoms with van der Waals surface area (Å²) in [5.41, 5.74) is 10.5. The van der Waals surface area contributed by atoms with Gasteiger partial charge in [0, 0.05) is 43.9 Å². The van der Waals surface area contributed by atoms with Gasteiger partial charge in [-0.1, -0.05) is 49.6 Å². The van der Waals surface area contributed by atoms with Crippen molar-refractivity contribution in [1.82, 2.24) is 0 Å². The maximum atomic E-state index is 13.7. The number of nitrogens with zero attached hydrogens (tertiary/aromatic N) is 2. The van der Waals surface area contributed by atoms with E-state index in [9.17, 15) is 13.2 Å². The number of thioether (sulfide) groups is 2. The number of benzene rings is 5. The van der Waals surface area contributed by atoms with Crippen LogP contribution in [0.15, 0.2) is 113 Å². The monoisotopic (exact) mass is 662 g/mol. The topological polar surface area (TPSA) is 6.48 Å². The molecule has 0 atom stereocenters. The summed E-state index contributed by atoms with van der Waals surface area (Å²) in [6, 6.07) is 34.5. The van der Waals surface area contributed by atoms with Gasteiger partial charge in [-0.05, 0) is 126 Å². The van der Waals surface area contributed by atoms with Gasteiger partial charge in [0.25, 0.3) is 6.71 Å². The lowest BCUT2D eigenvalue weighted by Gasteiger charge is -2.45. The molecule has 2 aliphatic heterocycles. The highest BCUT2D eigenvalue weighted by molar-refractivity contribution is 7.98. The Balaban J connectivity index is 1.46. The van der Waals surface area contributed by atoms with Gasteiger partial charge in [-0.25, -0.2) is 0 Å². The quantitative estimate of drug-likeness (QED) is 0.134. The molecular formula is C39H34BF3N2S2. The number of hydrogen-bond acceptors (Lipinski definition) is 4. The van der Waals surface area contributed by atoms with Crippen molar-refractivity contribution in [1.29, 1.82) is 0 Å². The van der Waals surface area contributed by atoms with E-state index in [0.717, 1.165) is 51.6 Å². The largest absolute Gasteiger partial charge is 0.416 e. The zero-order chi connectivity index (χ0) is 32.3. The van der Waals surface area contributed by atoms with Crippen LogP contribution < -0.4 is 26.2 Å². The molecule has 8 heteroatoms. The van der Waals surface area contributed by atoms with Crippen LogP contribution in [0.3, 0.4) is 0 Å². The molecule has 0 N–H and O–H groups in total. The molecule has 236 valence electrons. The molecule has 0 unspecified atom stereocenters. The van der Waals surface area contributed by atoms with Gasteiger partial charge < -0.3 is 9.80 Å². The predicted molar refractivity (Wildman–Crippen MR) is 195 cm³/mol. The fourth-order valence-electron chi connectivity index (χ4n) is 7.83. The molecule has 2 heterocycles. The molecule has 5 aromatic rings. The second kappa shape index (κ2) is 12.0. The minimum absolute atomic E-state index is 0.0251. The Morgan fingerprint density at radius 2 is 1.15 bits per heavy atom. The number of rotatable bonds is 5. The number of anilines is 6. The van der Waals surface area contributed by atoms with E-state index in [0.29, 0.717) is 5.92 Å². The van der Waals surface area contributed by atoms with Gasteiger partial charge in [-0.2, -0.15) is 13.2 Å². The Labute approximate surface area is 283 Å². The van der Waals surface area contributed by atoms with E-state index in [1.807, 2.05) is 0 Å². The van der Waals surface area contributed by atoms with Crippen LogP contribution in [-0.2, 0) is 6.18 Å². The highest BCUT2D eigenvalue weighted by Crippen LogP contribution is 2.47. The molecule has 0 radical (unpaired) electrons. The SMILES string of the molecule is CSc1ccc2c(c1)N(c1ccccc1)c1cc(C3CCCCC3)cc3c1B2c1ccc(SC)cc1N3c1ccc(C(F)(F)F)cc1.